The van der Waals surface area contributed by atoms with E-state index < -0.39 is 0 Å². The first-order chi connectivity index (χ1) is 6.98. The summed E-state index contributed by atoms with van der Waals surface area (Å²) in [4.78, 5) is 11.3. The van der Waals surface area contributed by atoms with Gasteiger partial charge in [0.15, 0.2) is 0 Å². The van der Waals surface area contributed by atoms with Gasteiger partial charge in [-0.25, -0.2) is 0 Å². The Bertz CT molecular complexity index is 399. The largest absolute Gasteiger partial charge is 0.426 e. The summed E-state index contributed by atoms with van der Waals surface area (Å²) in [6.45, 7) is 6.39. The molecule has 0 fully saturated rings. The van der Waals surface area contributed by atoms with Crippen molar-refractivity contribution >= 4 is 5.97 Å². The smallest absolute Gasteiger partial charge is 0.311 e. The van der Waals surface area contributed by atoms with Gasteiger partial charge in [-0.1, -0.05) is 39.0 Å². The molecule has 0 spiro atoms. The lowest BCUT2D eigenvalue weighted by molar-refractivity contribution is -0.135. The van der Waals surface area contributed by atoms with E-state index in [1.165, 1.54) is 0 Å². The average Bonchev–Trinajstić information content (AvgIpc) is 2.15. The zero-order valence-electron chi connectivity index (χ0n) is 9.46. The summed E-state index contributed by atoms with van der Waals surface area (Å²) >= 11 is 0. The first-order valence-corrected chi connectivity index (χ1v) is 5.31. The number of fused-ring (bicyclic) bond motifs is 1. The number of esters is 1. The van der Waals surface area contributed by atoms with E-state index >= 15 is 0 Å². The molecule has 0 unspecified atom stereocenters. The van der Waals surface area contributed by atoms with Crippen LogP contribution in [0.15, 0.2) is 18.2 Å². The quantitative estimate of drug-likeness (QED) is 0.480. The van der Waals surface area contributed by atoms with Crippen molar-refractivity contribution in [3.05, 3.63) is 29.3 Å². The molecule has 0 aromatic heterocycles. The van der Waals surface area contributed by atoms with Crippen LogP contribution in [-0.2, 0) is 16.6 Å². The second kappa shape index (κ2) is 3.37. The fourth-order valence-electron chi connectivity index (χ4n) is 1.89. The van der Waals surface area contributed by atoms with Gasteiger partial charge in [0.2, 0.25) is 0 Å². The molecule has 0 atom stereocenters. The van der Waals surface area contributed by atoms with Gasteiger partial charge >= 0.3 is 5.97 Å². The van der Waals surface area contributed by atoms with Gasteiger partial charge in [0, 0.05) is 5.56 Å². The van der Waals surface area contributed by atoms with Gasteiger partial charge in [-0.15, -0.1) is 0 Å². The molecule has 80 valence electrons. The normalized spacial score (nSPS) is 15.8. The highest BCUT2D eigenvalue weighted by Gasteiger charge is 2.25. The molecule has 0 saturated carbocycles. The van der Waals surface area contributed by atoms with Gasteiger partial charge in [-0.05, 0) is 17.4 Å². The number of hydrogen-bond donors (Lipinski definition) is 0. The summed E-state index contributed by atoms with van der Waals surface area (Å²) in [6, 6.07) is 6.12. The lowest BCUT2D eigenvalue weighted by Gasteiger charge is -2.26. The van der Waals surface area contributed by atoms with Crippen molar-refractivity contribution in [3.63, 3.8) is 0 Å². The Balaban J connectivity index is 2.53. The van der Waals surface area contributed by atoms with E-state index in [1.54, 1.807) is 0 Å². The zero-order chi connectivity index (χ0) is 11.1. The van der Waals surface area contributed by atoms with Crippen LogP contribution in [0.4, 0.5) is 0 Å². The van der Waals surface area contributed by atoms with Gasteiger partial charge in [0.25, 0.3) is 0 Å². The van der Waals surface area contributed by atoms with Gasteiger partial charge in [0.05, 0.1) is 6.42 Å². The number of carbonyl (C=O) groups is 1. The molecule has 0 saturated heterocycles. The summed E-state index contributed by atoms with van der Waals surface area (Å²) in [5.74, 6) is 0.681. The van der Waals surface area contributed by atoms with Crippen molar-refractivity contribution < 1.29 is 9.53 Å². The number of para-hydroxylation sites is 1. The Labute approximate surface area is 90.3 Å². The van der Waals surface area contributed by atoms with Crippen LogP contribution in [0.1, 0.15) is 38.3 Å². The zero-order valence-corrected chi connectivity index (χ0v) is 9.46. The molecule has 0 N–H and O–H groups in total. The first-order valence-electron chi connectivity index (χ1n) is 5.31. The number of rotatable bonds is 0. The molecule has 1 aromatic carbocycles. The topological polar surface area (TPSA) is 26.3 Å². The van der Waals surface area contributed by atoms with Gasteiger partial charge in [-0.3, -0.25) is 4.79 Å². The van der Waals surface area contributed by atoms with Crippen molar-refractivity contribution in [1.82, 2.24) is 0 Å². The second-order valence-corrected chi connectivity index (χ2v) is 5.02. The van der Waals surface area contributed by atoms with E-state index in [2.05, 4.69) is 20.8 Å². The molecular weight excluding hydrogens is 188 g/mol. The molecule has 0 radical (unpaired) electrons. The lowest BCUT2D eigenvalue weighted by atomic mass is 9.84. The predicted octanol–water partition coefficient (Wildman–Crippen LogP) is 2.84. The molecule has 0 bridgehead atoms. The summed E-state index contributed by atoms with van der Waals surface area (Å²) in [5.41, 5.74) is 2.29. The fourth-order valence-corrected chi connectivity index (χ4v) is 1.89. The molecule has 2 heteroatoms. The fraction of sp³-hybridized carbons (Fsp3) is 0.462. The van der Waals surface area contributed by atoms with Crippen LogP contribution in [0.5, 0.6) is 5.75 Å². The van der Waals surface area contributed by atoms with Crippen LogP contribution in [0.25, 0.3) is 0 Å². The van der Waals surface area contributed by atoms with E-state index in [9.17, 15) is 4.79 Å². The van der Waals surface area contributed by atoms with Gasteiger partial charge in [0.1, 0.15) is 5.75 Å². The second-order valence-electron chi connectivity index (χ2n) is 5.02. The van der Waals surface area contributed by atoms with Crippen LogP contribution >= 0.6 is 0 Å². The number of benzene rings is 1. The minimum absolute atomic E-state index is 0.0168. The molecule has 0 aliphatic carbocycles. The highest BCUT2D eigenvalue weighted by molar-refractivity contribution is 5.76. The molecule has 2 rings (SSSR count). The number of carbonyl (C=O) groups excluding carboxylic acids is 1. The molecule has 1 aliphatic heterocycles. The molecule has 0 amide bonds. The van der Waals surface area contributed by atoms with E-state index in [-0.39, 0.29) is 11.4 Å². The van der Waals surface area contributed by atoms with E-state index in [0.29, 0.717) is 6.42 Å². The third kappa shape index (κ3) is 1.89. The average molecular weight is 204 g/mol. The molecule has 1 heterocycles. The van der Waals surface area contributed by atoms with E-state index in [0.717, 1.165) is 23.3 Å². The summed E-state index contributed by atoms with van der Waals surface area (Å²) in [7, 11) is 0. The summed E-state index contributed by atoms with van der Waals surface area (Å²) < 4.78 is 5.35. The van der Waals surface area contributed by atoms with Crippen molar-refractivity contribution in [2.45, 2.75) is 39.0 Å². The van der Waals surface area contributed by atoms with Crippen molar-refractivity contribution in [2.75, 3.05) is 0 Å². The maximum atomic E-state index is 11.3. The van der Waals surface area contributed by atoms with Gasteiger partial charge in [-0.2, -0.15) is 0 Å². The summed E-state index contributed by atoms with van der Waals surface area (Å²) in [5, 5.41) is 0. The number of ether oxygens (including phenoxy) is 1. The Morgan fingerprint density at radius 1 is 1.20 bits per heavy atom. The minimum atomic E-state index is -0.112. The maximum Gasteiger partial charge on any atom is 0.311 e. The number of hydrogen-bond acceptors (Lipinski definition) is 2. The van der Waals surface area contributed by atoms with Crippen molar-refractivity contribution in [1.29, 1.82) is 0 Å². The van der Waals surface area contributed by atoms with Gasteiger partial charge < -0.3 is 4.74 Å². The third-order valence-corrected chi connectivity index (χ3v) is 2.72. The molecular formula is C13H16O2. The first kappa shape index (κ1) is 10.2. The molecule has 1 aromatic rings. The van der Waals surface area contributed by atoms with E-state index in [4.69, 9.17) is 4.74 Å². The molecule has 1 aliphatic rings. The van der Waals surface area contributed by atoms with Crippen molar-refractivity contribution in [3.8, 4) is 5.75 Å². The molecule has 2 nitrogen and oxygen atoms in total. The van der Waals surface area contributed by atoms with Crippen LogP contribution in [0, 0.1) is 0 Å². The Morgan fingerprint density at radius 2 is 1.93 bits per heavy atom. The Kier molecular flexibility index (Phi) is 2.29. The van der Waals surface area contributed by atoms with Crippen LogP contribution in [0.2, 0.25) is 0 Å². The maximum absolute atomic E-state index is 11.3. The standard InChI is InChI=1S/C13H16O2/c1-13(2,3)10-6-4-5-9-7-8-11(14)15-12(9)10/h4-6H,7-8H2,1-3H3. The van der Waals surface area contributed by atoms with Crippen LogP contribution in [0.3, 0.4) is 0 Å². The van der Waals surface area contributed by atoms with Crippen molar-refractivity contribution in [2.24, 2.45) is 0 Å². The Morgan fingerprint density at radius 3 is 2.60 bits per heavy atom. The Hall–Kier alpha value is -1.31. The third-order valence-electron chi connectivity index (χ3n) is 2.72. The minimum Gasteiger partial charge on any atom is -0.426 e. The summed E-state index contributed by atoms with van der Waals surface area (Å²) in [6.07, 6.45) is 1.30. The van der Waals surface area contributed by atoms with E-state index in [1.807, 2.05) is 18.2 Å². The predicted molar refractivity (Wildman–Crippen MR) is 59.1 cm³/mol. The SMILES string of the molecule is CC(C)(C)c1cccc2c1OC(=O)CC2. The highest BCUT2D eigenvalue weighted by atomic mass is 16.5. The highest BCUT2D eigenvalue weighted by Crippen LogP contribution is 2.36. The van der Waals surface area contributed by atoms with Crippen LogP contribution < -0.4 is 4.74 Å². The monoisotopic (exact) mass is 204 g/mol. The number of aryl methyl sites for hydroxylation is 1. The molecule has 15 heavy (non-hydrogen) atoms. The van der Waals surface area contributed by atoms with Crippen LogP contribution in [-0.4, -0.2) is 5.97 Å². The lowest BCUT2D eigenvalue weighted by Crippen LogP contribution is -2.21.